The van der Waals surface area contributed by atoms with Gasteiger partial charge in [0.1, 0.15) is 21.6 Å². The molecule has 0 aliphatic heterocycles. The van der Waals surface area contributed by atoms with Crippen molar-refractivity contribution in [3.8, 4) is 28.7 Å². The third-order valence-corrected chi connectivity index (χ3v) is 6.15. The molecule has 210 valence electrons. The number of halogens is 3. The normalized spacial score (nSPS) is 10.2. The minimum atomic E-state index is 0.172. The van der Waals surface area contributed by atoms with E-state index in [0.717, 1.165) is 11.3 Å². The number of nitrogens with two attached hydrogens (primary N) is 2. The lowest BCUT2D eigenvalue weighted by molar-refractivity contribution is 0.414. The lowest BCUT2D eigenvalue weighted by atomic mass is 10.2. The fraction of sp³-hybridized carbons (Fsp3) is 0.0769. The molecule has 4 aromatic heterocycles. The van der Waals surface area contributed by atoms with Crippen LogP contribution >= 0.6 is 34.8 Å². The van der Waals surface area contributed by atoms with Gasteiger partial charge in [-0.1, -0.05) is 46.9 Å². The summed E-state index contributed by atoms with van der Waals surface area (Å²) in [5.74, 6) is 3.35. The van der Waals surface area contributed by atoms with Crippen LogP contribution in [0.5, 0.6) is 28.7 Å². The van der Waals surface area contributed by atoms with Crippen molar-refractivity contribution in [1.29, 1.82) is 0 Å². The fourth-order valence-electron chi connectivity index (χ4n) is 3.05. The van der Waals surface area contributed by atoms with Crippen LogP contribution in [0.25, 0.3) is 0 Å². The summed E-state index contributed by atoms with van der Waals surface area (Å²) in [6, 6.07) is 11.0. The van der Waals surface area contributed by atoms with Gasteiger partial charge in [-0.15, -0.1) is 0 Å². The molecule has 0 aliphatic rings. The molecule has 0 bridgehead atoms. The molecule has 0 saturated carbocycles. The highest BCUT2D eigenvalue weighted by Gasteiger charge is 2.11. The molecular weight excluding hydrogens is 593 g/mol. The number of nitrogen functional groups attached to an aromatic ring is 2. The number of ether oxygens (including phenoxy) is 3. The molecule has 0 spiro atoms. The Morgan fingerprint density at radius 2 is 1.17 bits per heavy atom. The summed E-state index contributed by atoms with van der Waals surface area (Å²) >= 11 is 18.0. The highest BCUT2D eigenvalue weighted by molar-refractivity contribution is 6.42. The first-order valence-corrected chi connectivity index (χ1v) is 12.8. The number of nitrogens with zero attached hydrogens (tertiary/aromatic N) is 6. The molecule has 0 saturated heterocycles. The summed E-state index contributed by atoms with van der Waals surface area (Å²) in [4.78, 5) is 23.3. The fourth-order valence-corrected chi connectivity index (χ4v) is 3.57. The molecule has 5 N–H and O–H groups in total. The number of hydrogen-bond donors (Lipinski definition) is 3. The molecule has 0 atom stereocenters. The predicted molar refractivity (Wildman–Crippen MR) is 157 cm³/mol. The molecule has 12 nitrogen and oxygen atoms in total. The molecule has 15 heteroatoms. The predicted octanol–water partition coefficient (Wildman–Crippen LogP) is 6.07. The van der Waals surface area contributed by atoms with Gasteiger partial charge in [0.15, 0.2) is 28.2 Å². The maximum Gasteiger partial charge on any atom is 0.220 e. The average Bonchev–Trinajstić information content (AvgIpc) is 2.99. The van der Waals surface area contributed by atoms with E-state index >= 15 is 0 Å². The monoisotopic (exact) mass is 613 g/mol. The van der Waals surface area contributed by atoms with E-state index in [1.165, 1.54) is 31.0 Å². The first-order chi connectivity index (χ1) is 19.8. The second-order valence-corrected chi connectivity index (χ2v) is 8.96. The zero-order chi connectivity index (χ0) is 29.2. The van der Waals surface area contributed by atoms with Gasteiger partial charge in [0.25, 0.3) is 0 Å². The third kappa shape index (κ3) is 8.42. The molecule has 41 heavy (non-hydrogen) atoms. The Kier molecular flexibility index (Phi) is 10.1. The average molecular weight is 615 g/mol. The highest BCUT2D eigenvalue weighted by atomic mass is 35.5. The quantitative estimate of drug-likeness (QED) is 0.173. The molecule has 0 aliphatic carbocycles. The first kappa shape index (κ1) is 29.3. The van der Waals surface area contributed by atoms with E-state index in [0.29, 0.717) is 40.4 Å². The lowest BCUT2D eigenvalue weighted by Gasteiger charge is -2.12. The summed E-state index contributed by atoms with van der Waals surface area (Å²) in [7, 11) is 1.63. The zero-order valence-corrected chi connectivity index (χ0v) is 23.6. The minimum Gasteiger partial charge on any atom is -0.497 e. The van der Waals surface area contributed by atoms with Crippen LogP contribution in [0.3, 0.4) is 0 Å². The van der Waals surface area contributed by atoms with Crippen LogP contribution in [-0.4, -0.2) is 37.0 Å². The number of methoxy groups -OCH3 is 1. The van der Waals surface area contributed by atoms with Gasteiger partial charge in [0, 0.05) is 31.1 Å². The van der Waals surface area contributed by atoms with Crippen LogP contribution in [0.2, 0.25) is 15.2 Å². The number of rotatable bonds is 8. The summed E-state index contributed by atoms with van der Waals surface area (Å²) in [5, 5.41) is 3.97. The molecule has 0 amide bonds. The Morgan fingerprint density at radius 1 is 0.659 bits per heavy atom. The van der Waals surface area contributed by atoms with Gasteiger partial charge in [0.2, 0.25) is 11.9 Å². The standard InChI is InChI=1S/C17H16ClN5O2.C9H6Cl2N4O/c1-24-12-4-2-11(3-5-12)8-21-16-15(18)14(6-7-20-16)25-13-9-22-17(19)23-10-13;10-7-6(1-2-13-8(7)11)16-5-3-14-9(12)15-4-5/h2-7,9-10H,8H2,1H3,(H,20,21)(H2,19,22,23);1-4H,(H2,12,14,15). The lowest BCUT2D eigenvalue weighted by Crippen LogP contribution is -2.02. The molecular formula is C26H22Cl3N9O3. The van der Waals surface area contributed by atoms with Crippen LogP contribution in [-0.2, 0) is 6.54 Å². The number of anilines is 3. The molecule has 4 heterocycles. The van der Waals surface area contributed by atoms with Gasteiger partial charge >= 0.3 is 0 Å². The number of aromatic nitrogens is 6. The first-order valence-electron chi connectivity index (χ1n) is 11.6. The molecule has 0 unspecified atom stereocenters. The van der Waals surface area contributed by atoms with Crippen molar-refractivity contribution < 1.29 is 14.2 Å². The number of pyridine rings is 2. The van der Waals surface area contributed by atoms with Crippen LogP contribution in [0.1, 0.15) is 5.56 Å². The van der Waals surface area contributed by atoms with E-state index in [9.17, 15) is 0 Å². The smallest absolute Gasteiger partial charge is 0.220 e. The van der Waals surface area contributed by atoms with Crippen LogP contribution in [0.4, 0.5) is 17.7 Å². The maximum absolute atomic E-state index is 6.37. The number of nitrogens with one attached hydrogen (secondary N) is 1. The molecule has 0 radical (unpaired) electrons. The Labute approximate surface area is 249 Å². The van der Waals surface area contributed by atoms with Crippen LogP contribution in [0.15, 0.2) is 73.6 Å². The molecule has 0 fully saturated rings. The maximum atomic E-state index is 6.37. The largest absolute Gasteiger partial charge is 0.497 e. The van der Waals surface area contributed by atoms with Gasteiger partial charge in [0.05, 0.1) is 31.9 Å². The molecule has 5 aromatic rings. The topological polar surface area (TPSA) is 169 Å². The Morgan fingerprint density at radius 3 is 1.71 bits per heavy atom. The SMILES string of the molecule is COc1ccc(CNc2nccc(Oc3cnc(N)nc3)c2Cl)cc1.Nc1ncc(Oc2ccnc(Cl)c2Cl)cn1. The molecule has 5 rings (SSSR count). The van der Waals surface area contributed by atoms with Gasteiger partial charge in [-0.25, -0.2) is 29.9 Å². The van der Waals surface area contributed by atoms with Crippen molar-refractivity contribution in [2.45, 2.75) is 6.54 Å². The van der Waals surface area contributed by atoms with E-state index in [2.05, 4.69) is 35.2 Å². The number of benzene rings is 1. The number of hydrogen-bond acceptors (Lipinski definition) is 12. The van der Waals surface area contributed by atoms with Gasteiger partial charge in [-0.2, -0.15) is 0 Å². The summed E-state index contributed by atoms with van der Waals surface area (Å²) in [5.41, 5.74) is 11.9. The van der Waals surface area contributed by atoms with Gasteiger partial charge < -0.3 is 31.0 Å². The van der Waals surface area contributed by atoms with E-state index in [-0.39, 0.29) is 22.1 Å². The van der Waals surface area contributed by atoms with Crippen molar-refractivity contribution in [3.05, 3.63) is 94.3 Å². The Hall–Kier alpha value is -4.65. The zero-order valence-electron chi connectivity index (χ0n) is 21.3. The van der Waals surface area contributed by atoms with Crippen molar-refractivity contribution in [1.82, 2.24) is 29.9 Å². The second kappa shape index (κ2) is 14.1. The van der Waals surface area contributed by atoms with E-state index in [1.807, 2.05) is 24.3 Å². The van der Waals surface area contributed by atoms with Crippen LogP contribution < -0.4 is 31.0 Å². The van der Waals surface area contributed by atoms with E-state index in [1.54, 1.807) is 25.4 Å². The summed E-state index contributed by atoms with van der Waals surface area (Å²) < 4.78 is 16.2. The Balaban J connectivity index is 0.000000208. The van der Waals surface area contributed by atoms with Crippen LogP contribution in [0, 0.1) is 0 Å². The van der Waals surface area contributed by atoms with Crippen molar-refractivity contribution in [3.63, 3.8) is 0 Å². The van der Waals surface area contributed by atoms with Gasteiger partial charge in [-0.3, -0.25) is 0 Å². The summed E-state index contributed by atoms with van der Waals surface area (Å²) in [6.07, 6.45) is 8.92. The van der Waals surface area contributed by atoms with Crippen molar-refractivity contribution >= 4 is 52.5 Å². The second-order valence-electron chi connectivity index (χ2n) is 7.85. The van der Waals surface area contributed by atoms with Gasteiger partial charge in [-0.05, 0) is 17.7 Å². The third-order valence-electron chi connectivity index (χ3n) is 5.04. The summed E-state index contributed by atoms with van der Waals surface area (Å²) in [6.45, 7) is 0.561. The van der Waals surface area contributed by atoms with Crippen molar-refractivity contribution in [2.24, 2.45) is 0 Å². The van der Waals surface area contributed by atoms with Crippen molar-refractivity contribution in [2.75, 3.05) is 23.9 Å². The Bertz CT molecular complexity index is 1580. The van der Waals surface area contributed by atoms with E-state index < -0.39 is 0 Å². The highest BCUT2D eigenvalue weighted by Crippen LogP contribution is 2.34. The molecule has 1 aromatic carbocycles. The van der Waals surface area contributed by atoms with E-state index in [4.69, 9.17) is 60.5 Å². The minimum absolute atomic E-state index is 0.172.